The lowest BCUT2D eigenvalue weighted by molar-refractivity contribution is -0.116. The SMILES string of the molecule is O=C(CCc1nc2ccccc2o1)Nc1ccc2c(c1)OCO2. The quantitative estimate of drug-likeness (QED) is 0.801. The Morgan fingerprint density at radius 3 is 2.91 bits per heavy atom. The van der Waals surface area contributed by atoms with Gasteiger partial charge in [-0.2, -0.15) is 0 Å². The lowest BCUT2D eigenvalue weighted by atomic mass is 10.2. The maximum atomic E-state index is 12.0. The van der Waals surface area contributed by atoms with E-state index in [1.165, 1.54) is 0 Å². The van der Waals surface area contributed by atoms with Gasteiger partial charge in [-0.1, -0.05) is 12.1 Å². The summed E-state index contributed by atoms with van der Waals surface area (Å²) in [5, 5.41) is 2.83. The Morgan fingerprint density at radius 1 is 1.13 bits per heavy atom. The second-order valence-electron chi connectivity index (χ2n) is 5.19. The minimum absolute atomic E-state index is 0.105. The van der Waals surface area contributed by atoms with Crippen LogP contribution in [0, 0.1) is 0 Å². The van der Waals surface area contributed by atoms with Crippen molar-refractivity contribution in [2.45, 2.75) is 12.8 Å². The highest BCUT2D eigenvalue weighted by atomic mass is 16.7. The molecule has 6 nitrogen and oxygen atoms in total. The first kappa shape index (κ1) is 13.6. The van der Waals surface area contributed by atoms with Crippen LogP contribution < -0.4 is 14.8 Å². The Morgan fingerprint density at radius 2 is 2.00 bits per heavy atom. The largest absolute Gasteiger partial charge is 0.454 e. The Labute approximate surface area is 132 Å². The van der Waals surface area contributed by atoms with Crippen LogP contribution >= 0.6 is 0 Å². The van der Waals surface area contributed by atoms with Gasteiger partial charge in [-0.25, -0.2) is 4.98 Å². The first-order valence-electron chi connectivity index (χ1n) is 7.32. The van der Waals surface area contributed by atoms with Gasteiger partial charge in [0.25, 0.3) is 0 Å². The van der Waals surface area contributed by atoms with E-state index in [1.54, 1.807) is 18.2 Å². The zero-order valence-corrected chi connectivity index (χ0v) is 12.2. The number of hydrogen-bond donors (Lipinski definition) is 1. The maximum absolute atomic E-state index is 12.0. The molecule has 0 atom stereocenters. The first-order chi connectivity index (χ1) is 11.3. The van der Waals surface area contributed by atoms with E-state index in [0.29, 0.717) is 35.9 Å². The number of fused-ring (bicyclic) bond motifs is 2. The molecule has 1 aromatic heterocycles. The van der Waals surface area contributed by atoms with Gasteiger partial charge >= 0.3 is 0 Å². The Bertz CT molecular complexity index is 839. The number of rotatable bonds is 4. The third-order valence-electron chi connectivity index (χ3n) is 3.56. The fourth-order valence-electron chi connectivity index (χ4n) is 2.45. The molecule has 6 heteroatoms. The van der Waals surface area contributed by atoms with Crippen molar-refractivity contribution in [3.05, 3.63) is 48.4 Å². The minimum atomic E-state index is -0.105. The molecule has 1 N–H and O–H groups in total. The monoisotopic (exact) mass is 310 g/mol. The van der Waals surface area contributed by atoms with Crippen molar-refractivity contribution >= 4 is 22.7 Å². The molecule has 0 aliphatic carbocycles. The number of anilines is 1. The molecule has 0 unspecified atom stereocenters. The molecule has 4 rings (SSSR count). The van der Waals surface area contributed by atoms with Crippen LogP contribution in [-0.2, 0) is 11.2 Å². The molecule has 0 saturated carbocycles. The Hall–Kier alpha value is -3.02. The van der Waals surface area contributed by atoms with Crippen molar-refractivity contribution in [1.82, 2.24) is 4.98 Å². The third kappa shape index (κ3) is 2.83. The molecule has 0 bridgehead atoms. The number of oxazole rings is 1. The van der Waals surface area contributed by atoms with Gasteiger partial charge in [0, 0.05) is 24.6 Å². The van der Waals surface area contributed by atoms with Gasteiger partial charge in [-0.05, 0) is 24.3 Å². The van der Waals surface area contributed by atoms with Crippen molar-refractivity contribution in [2.24, 2.45) is 0 Å². The van der Waals surface area contributed by atoms with Crippen LogP contribution in [0.15, 0.2) is 46.9 Å². The molecule has 23 heavy (non-hydrogen) atoms. The molecule has 1 amide bonds. The van der Waals surface area contributed by atoms with Gasteiger partial charge in [0.1, 0.15) is 5.52 Å². The normalized spacial score (nSPS) is 12.5. The first-order valence-corrected chi connectivity index (χ1v) is 7.32. The lowest BCUT2D eigenvalue weighted by Gasteiger charge is -2.05. The smallest absolute Gasteiger partial charge is 0.231 e. The summed E-state index contributed by atoms with van der Waals surface area (Å²) in [6.07, 6.45) is 0.742. The van der Waals surface area contributed by atoms with Crippen LogP contribution in [0.25, 0.3) is 11.1 Å². The Balaban J connectivity index is 1.38. The highest BCUT2D eigenvalue weighted by Crippen LogP contribution is 2.34. The number of benzene rings is 2. The Kier molecular flexibility index (Phi) is 3.34. The van der Waals surface area contributed by atoms with Crippen molar-refractivity contribution in [3.63, 3.8) is 0 Å². The number of carbonyl (C=O) groups is 1. The third-order valence-corrected chi connectivity index (χ3v) is 3.56. The van der Waals surface area contributed by atoms with E-state index in [0.717, 1.165) is 11.1 Å². The number of ether oxygens (including phenoxy) is 2. The lowest BCUT2D eigenvalue weighted by Crippen LogP contribution is -2.12. The molecular formula is C17H14N2O4. The van der Waals surface area contributed by atoms with Gasteiger partial charge in [-0.3, -0.25) is 4.79 Å². The van der Waals surface area contributed by atoms with Crippen LogP contribution in [0.5, 0.6) is 11.5 Å². The average Bonchev–Trinajstić information content (AvgIpc) is 3.18. The molecule has 3 aromatic rings. The molecule has 1 aliphatic rings. The molecule has 1 aliphatic heterocycles. The number of aryl methyl sites for hydroxylation is 1. The van der Waals surface area contributed by atoms with Crippen LogP contribution in [0.1, 0.15) is 12.3 Å². The molecular weight excluding hydrogens is 296 g/mol. The zero-order valence-electron chi connectivity index (χ0n) is 12.2. The van der Waals surface area contributed by atoms with Crippen molar-refractivity contribution < 1.29 is 18.7 Å². The molecule has 0 fully saturated rings. The number of aromatic nitrogens is 1. The zero-order chi connectivity index (χ0) is 15.6. The summed E-state index contributed by atoms with van der Waals surface area (Å²) in [4.78, 5) is 16.4. The summed E-state index contributed by atoms with van der Waals surface area (Å²) in [6.45, 7) is 0.213. The van der Waals surface area contributed by atoms with Crippen molar-refractivity contribution in [3.8, 4) is 11.5 Å². The summed E-state index contributed by atoms with van der Waals surface area (Å²) in [5.41, 5.74) is 2.22. The average molecular weight is 310 g/mol. The van der Waals surface area contributed by atoms with E-state index in [-0.39, 0.29) is 12.7 Å². The molecule has 0 spiro atoms. The number of nitrogens with zero attached hydrogens (tertiary/aromatic N) is 1. The minimum Gasteiger partial charge on any atom is -0.454 e. The van der Waals surface area contributed by atoms with E-state index >= 15 is 0 Å². The predicted octanol–water partition coefficient (Wildman–Crippen LogP) is 3.13. The standard InChI is InChI=1S/C17H14N2O4/c20-16(18-11-5-6-14-15(9-11)22-10-21-14)7-8-17-19-12-3-1-2-4-13(12)23-17/h1-6,9H,7-8,10H2,(H,18,20). The second-order valence-corrected chi connectivity index (χ2v) is 5.19. The molecule has 0 saturated heterocycles. The summed E-state index contributed by atoms with van der Waals surface area (Å²) in [5.74, 6) is 1.79. The van der Waals surface area contributed by atoms with E-state index in [4.69, 9.17) is 13.9 Å². The van der Waals surface area contributed by atoms with Crippen molar-refractivity contribution in [2.75, 3.05) is 12.1 Å². The number of carbonyl (C=O) groups excluding carboxylic acids is 1. The molecule has 2 aromatic carbocycles. The van der Waals surface area contributed by atoms with Crippen LogP contribution in [0.2, 0.25) is 0 Å². The second kappa shape index (κ2) is 5.64. The van der Waals surface area contributed by atoms with Crippen LogP contribution in [-0.4, -0.2) is 17.7 Å². The number of nitrogens with one attached hydrogen (secondary N) is 1. The predicted molar refractivity (Wildman–Crippen MR) is 83.5 cm³/mol. The summed E-state index contributed by atoms with van der Waals surface area (Å²) in [7, 11) is 0. The summed E-state index contributed by atoms with van der Waals surface area (Å²) in [6, 6.07) is 12.8. The van der Waals surface area contributed by atoms with Crippen molar-refractivity contribution in [1.29, 1.82) is 0 Å². The number of para-hydroxylation sites is 2. The molecule has 2 heterocycles. The summed E-state index contributed by atoms with van der Waals surface area (Å²) >= 11 is 0. The van der Waals surface area contributed by atoms with E-state index < -0.39 is 0 Å². The van der Waals surface area contributed by atoms with E-state index in [9.17, 15) is 4.79 Å². The summed E-state index contributed by atoms with van der Waals surface area (Å²) < 4.78 is 16.1. The van der Waals surface area contributed by atoms with Gasteiger partial charge in [0.15, 0.2) is 23.0 Å². The van der Waals surface area contributed by atoms with Gasteiger partial charge < -0.3 is 19.2 Å². The number of hydrogen-bond acceptors (Lipinski definition) is 5. The van der Waals surface area contributed by atoms with Crippen LogP contribution in [0.3, 0.4) is 0 Å². The molecule has 116 valence electrons. The van der Waals surface area contributed by atoms with E-state index in [2.05, 4.69) is 10.3 Å². The van der Waals surface area contributed by atoms with Crippen LogP contribution in [0.4, 0.5) is 5.69 Å². The van der Waals surface area contributed by atoms with Gasteiger partial charge in [-0.15, -0.1) is 0 Å². The highest BCUT2D eigenvalue weighted by molar-refractivity contribution is 5.91. The fraction of sp³-hybridized carbons (Fsp3) is 0.176. The molecule has 0 radical (unpaired) electrons. The topological polar surface area (TPSA) is 73.6 Å². The fourth-order valence-corrected chi connectivity index (χ4v) is 2.45. The maximum Gasteiger partial charge on any atom is 0.231 e. The van der Waals surface area contributed by atoms with Gasteiger partial charge in [0.2, 0.25) is 12.7 Å². The van der Waals surface area contributed by atoms with E-state index in [1.807, 2.05) is 24.3 Å². The number of amides is 1. The van der Waals surface area contributed by atoms with Gasteiger partial charge in [0.05, 0.1) is 0 Å². The highest BCUT2D eigenvalue weighted by Gasteiger charge is 2.14.